The van der Waals surface area contributed by atoms with Crippen LogP contribution >= 0.6 is 0 Å². The zero-order valence-corrected chi connectivity index (χ0v) is 18.5. The van der Waals surface area contributed by atoms with Crippen LogP contribution in [0.4, 0.5) is 21.5 Å². The van der Waals surface area contributed by atoms with Crippen molar-refractivity contribution in [2.75, 3.05) is 27.1 Å². The van der Waals surface area contributed by atoms with Crippen molar-refractivity contribution in [2.24, 2.45) is 0 Å². The van der Waals surface area contributed by atoms with E-state index < -0.39 is 38.3 Å². The van der Waals surface area contributed by atoms with Crippen LogP contribution in [-0.2, 0) is 24.8 Å². The summed E-state index contributed by atoms with van der Waals surface area (Å²) in [6.45, 7) is -0.657. The summed E-state index contributed by atoms with van der Waals surface area (Å²) in [6.07, 6.45) is 0.867. The lowest BCUT2D eigenvalue weighted by molar-refractivity contribution is -0.114. The zero-order valence-electron chi connectivity index (χ0n) is 16.9. The minimum absolute atomic E-state index is 0.0246. The molecule has 0 spiro atoms. The van der Waals surface area contributed by atoms with E-state index in [0.717, 1.165) is 12.3 Å². The normalized spacial score (nSPS) is 11.6. The molecule has 0 aliphatic carbocycles. The molecule has 0 fully saturated rings. The molecule has 0 aromatic heterocycles. The molecule has 11 heteroatoms. The first-order valence-corrected chi connectivity index (χ1v) is 12.6. The third-order valence-electron chi connectivity index (χ3n) is 4.28. The molecule has 0 unspecified atom stereocenters. The van der Waals surface area contributed by atoms with Gasteiger partial charge < -0.3 is 5.32 Å². The summed E-state index contributed by atoms with van der Waals surface area (Å²) in [5.74, 6) is -1.51. The summed E-state index contributed by atoms with van der Waals surface area (Å²) in [7, 11) is -7.77. The molecule has 3 aromatic carbocycles. The van der Waals surface area contributed by atoms with Gasteiger partial charge in [-0.1, -0.05) is 30.3 Å². The minimum atomic E-state index is -3.94. The van der Waals surface area contributed by atoms with E-state index in [9.17, 15) is 26.0 Å². The fraction of sp³-hybridized carbons (Fsp3) is 0.0952. The number of para-hydroxylation sites is 2. The molecule has 0 bridgehead atoms. The molecule has 3 rings (SSSR count). The lowest BCUT2D eigenvalue weighted by Gasteiger charge is -2.22. The molecule has 0 atom stereocenters. The van der Waals surface area contributed by atoms with Gasteiger partial charge in [0.25, 0.3) is 10.0 Å². The fourth-order valence-corrected chi connectivity index (χ4v) is 4.72. The molecule has 2 N–H and O–H groups in total. The highest BCUT2D eigenvalue weighted by atomic mass is 32.2. The molecule has 8 nitrogen and oxygen atoms in total. The highest BCUT2D eigenvalue weighted by molar-refractivity contribution is 7.92. The molecule has 168 valence electrons. The highest BCUT2D eigenvalue weighted by Crippen LogP contribution is 2.22. The zero-order chi connectivity index (χ0) is 23.4. The van der Waals surface area contributed by atoms with E-state index in [2.05, 4.69) is 10.0 Å². The summed E-state index contributed by atoms with van der Waals surface area (Å²) in [5, 5.41) is 2.48. The van der Waals surface area contributed by atoms with Gasteiger partial charge in [0.15, 0.2) is 0 Å². The molecule has 3 aromatic rings. The third-order valence-corrected chi connectivity index (χ3v) is 6.81. The van der Waals surface area contributed by atoms with Crippen LogP contribution in [0.1, 0.15) is 0 Å². The van der Waals surface area contributed by atoms with Crippen LogP contribution in [-0.4, -0.2) is 35.5 Å². The Morgan fingerprint density at radius 3 is 2.03 bits per heavy atom. The van der Waals surface area contributed by atoms with Crippen LogP contribution in [0, 0.1) is 5.82 Å². The van der Waals surface area contributed by atoms with Crippen molar-refractivity contribution < 1.29 is 26.0 Å². The number of nitrogens with one attached hydrogen (secondary N) is 2. The molecule has 32 heavy (non-hydrogen) atoms. The topological polar surface area (TPSA) is 113 Å². The maximum Gasteiger partial charge on any atom is 0.261 e. The van der Waals surface area contributed by atoms with E-state index in [4.69, 9.17) is 0 Å². The highest BCUT2D eigenvalue weighted by Gasteiger charge is 2.23. The van der Waals surface area contributed by atoms with Gasteiger partial charge in [-0.15, -0.1) is 0 Å². The number of carbonyl (C=O) groups is 1. The Balaban J connectivity index is 1.72. The Labute approximate surface area is 185 Å². The lowest BCUT2D eigenvalue weighted by Crippen LogP contribution is -2.38. The first-order valence-electron chi connectivity index (χ1n) is 9.26. The number of nitrogens with zero attached hydrogens (tertiary/aromatic N) is 1. The number of hydrogen-bond acceptors (Lipinski definition) is 5. The van der Waals surface area contributed by atoms with Crippen molar-refractivity contribution >= 4 is 43.0 Å². The van der Waals surface area contributed by atoms with Gasteiger partial charge in [0.1, 0.15) is 12.4 Å². The first kappa shape index (κ1) is 23.2. The van der Waals surface area contributed by atoms with Crippen molar-refractivity contribution in [1.82, 2.24) is 0 Å². The number of hydrogen-bond donors (Lipinski definition) is 2. The van der Waals surface area contributed by atoms with Crippen LogP contribution in [0.25, 0.3) is 0 Å². The standard InChI is InChI=1S/C21H20FN3O5S2/c1-31(27,28)25(20-10-6-5-9-19(20)22)15-21(26)23-16-11-13-18(14-12-16)32(29,30)24-17-7-3-2-4-8-17/h2-14,24H,15H2,1H3,(H,23,26). The molecule has 0 saturated carbocycles. The number of halogens is 1. The first-order chi connectivity index (χ1) is 15.1. The second kappa shape index (κ2) is 9.37. The molecule has 0 saturated heterocycles. The molecular formula is C21H20FN3O5S2. The van der Waals surface area contributed by atoms with Crippen molar-refractivity contribution in [3.63, 3.8) is 0 Å². The summed E-state index contributed by atoms with van der Waals surface area (Å²) < 4.78 is 66.3. The summed E-state index contributed by atoms with van der Waals surface area (Å²) in [6, 6.07) is 18.9. The average Bonchev–Trinajstić information content (AvgIpc) is 2.73. The van der Waals surface area contributed by atoms with Crippen molar-refractivity contribution in [1.29, 1.82) is 0 Å². The Morgan fingerprint density at radius 1 is 0.844 bits per heavy atom. The van der Waals surface area contributed by atoms with Crippen molar-refractivity contribution in [3.05, 3.63) is 84.7 Å². The predicted octanol–water partition coefficient (Wildman–Crippen LogP) is 3.03. The summed E-state index contributed by atoms with van der Waals surface area (Å²) in [4.78, 5) is 12.4. The Kier molecular flexibility index (Phi) is 6.80. The molecule has 0 aliphatic heterocycles. The summed E-state index contributed by atoms with van der Waals surface area (Å²) >= 11 is 0. The maximum absolute atomic E-state index is 14.1. The smallest absolute Gasteiger partial charge is 0.261 e. The van der Waals surface area contributed by atoms with Gasteiger partial charge in [-0.2, -0.15) is 0 Å². The quantitative estimate of drug-likeness (QED) is 0.518. The van der Waals surface area contributed by atoms with E-state index in [0.29, 0.717) is 9.99 Å². The van der Waals surface area contributed by atoms with Gasteiger partial charge >= 0.3 is 0 Å². The minimum Gasteiger partial charge on any atom is -0.325 e. The van der Waals surface area contributed by atoms with Crippen LogP contribution in [0.15, 0.2) is 83.8 Å². The number of benzene rings is 3. The van der Waals surface area contributed by atoms with Crippen LogP contribution < -0.4 is 14.3 Å². The molecule has 0 heterocycles. The SMILES string of the molecule is CS(=O)(=O)N(CC(=O)Nc1ccc(S(=O)(=O)Nc2ccccc2)cc1)c1ccccc1F. The largest absolute Gasteiger partial charge is 0.325 e. The number of amides is 1. The van der Waals surface area contributed by atoms with Crippen LogP contribution in [0.5, 0.6) is 0 Å². The molecule has 0 aliphatic rings. The van der Waals surface area contributed by atoms with E-state index in [1.54, 1.807) is 30.3 Å². The number of rotatable bonds is 8. The summed E-state index contributed by atoms with van der Waals surface area (Å²) in [5.41, 5.74) is 0.396. The maximum atomic E-state index is 14.1. The van der Waals surface area contributed by atoms with E-state index in [1.165, 1.54) is 42.5 Å². The van der Waals surface area contributed by atoms with Gasteiger partial charge in [0.2, 0.25) is 15.9 Å². The molecular weight excluding hydrogens is 457 g/mol. The second-order valence-corrected chi connectivity index (χ2v) is 10.4. The lowest BCUT2D eigenvalue weighted by atomic mass is 10.3. The van der Waals surface area contributed by atoms with E-state index >= 15 is 0 Å². The van der Waals surface area contributed by atoms with Gasteiger partial charge in [0, 0.05) is 11.4 Å². The van der Waals surface area contributed by atoms with Crippen molar-refractivity contribution in [2.45, 2.75) is 4.90 Å². The van der Waals surface area contributed by atoms with E-state index in [-0.39, 0.29) is 16.3 Å². The second-order valence-electron chi connectivity index (χ2n) is 6.77. The van der Waals surface area contributed by atoms with Gasteiger partial charge in [0.05, 0.1) is 16.8 Å². The van der Waals surface area contributed by atoms with E-state index in [1.807, 2.05) is 0 Å². The van der Waals surface area contributed by atoms with Gasteiger partial charge in [-0.25, -0.2) is 21.2 Å². The molecule has 0 radical (unpaired) electrons. The van der Waals surface area contributed by atoms with Crippen molar-refractivity contribution in [3.8, 4) is 0 Å². The predicted molar refractivity (Wildman–Crippen MR) is 121 cm³/mol. The van der Waals surface area contributed by atoms with Gasteiger partial charge in [-0.05, 0) is 48.5 Å². The Bertz CT molecular complexity index is 1310. The number of anilines is 3. The Morgan fingerprint density at radius 2 is 1.44 bits per heavy atom. The monoisotopic (exact) mass is 477 g/mol. The van der Waals surface area contributed by atoms with Crippen LogP contribution in [0.2, 0.25) is 0 Å². The number of carbonyl (C=O) groups excluding carboxylic acids is 1. The van der Waals surface area contributed by atoms with Gasteiger partial charge in [-0.3, -0.25) is 13.8 Å². The average molecular weight is 478 g/mol. The third kappa shape index (κ3) is 5.83. The Hall–Kier alpha value is -3.44. The fourth-order valence-electron chi connectivity index (χ4n) is 2.80. The molecule has 1 amide bonds. The van der Waals surface area contributed by atoms with Crippen LogP contribution in [0.3, 0.4) is 0 Å². The number of sulfonamides is 2.